The Morgan fingerprint density at radius 3 is 2.92 bits per heavy atom. The van der Waals surface area contributed by atoms with Gasteiger partial charge in [0, 0.05) is 30.5 Å². The lowest BCUT2D eigenvalue weighted by Gasteiger charge is -2.17. The number of rotatable bonds is 4. The lowest BCUT2D eigenvalue weighted by molar-refractivity contribution is -0.130. The second kappa shape index (κ2) is 6.96. The van der Waals surface area contributed by atoms with Crippen molar-refractivity contribution < 1.29 is 14.3 Å². The van der Waals surface area contributed by atoms with Crippen molar-refractivity contribution >= 4 is 17.5 Å². The molecule has 0 bridgehead atoms. The van der Waals surface area contributed by atoms with Crippen molar-refractivity contribution in [2.45, 2.75) is 25.2 Å². The van der Waals surface area contributed by atoms with Crippen molar-refractivity contribution in [3.8, 4) is 11.5 Å². The van der Waals surface area contributed by atoms with E-state index >= 15 is 0 Å². The molecular weight excluding hydrogens is 338 g/mol. The summed E-state index contributed by atoms with van der Waals surface area (Å²) in [6, 6.07) is 13.8. The van der Waals surface area contributed by atoms with Gasteiger partial charge in [0.1, 0.15) is 0 Å². The fraction of sp³-hybridized carbons (Fsp3) is 0.350. The molecule has 2 aliphatic rings. The maximum absolute atomic E-state index is 12.5. The maximum atomic E-state index is 12.5. The van der Waals surface area contributed by atoms with Gasteiger partial charge in [0.2, 0.25) is 12.7 Å². The number of amides is 1. The van der Waals surface area contributed by atoms with Gasteiger partial charge in [-0.05, 0) is 48.2 Å². The molecule has 5 heteroatoms. The molecule has 4 rings (SSSR count). The van der Waals surface area contributed by atoms with E-state index in [0.29, 0.717) is 17.4 Å². The first-order valence-corrected chi connectivity index (χ1v) is 8.98. The minimum Gasteiger partial charge on any atom is -0.454 e. The lowest BCUT2D eigenvalue weighted by atomic mass is 9.98. The van der Waals surface area contributed by atoms with Crippen LogP contribution in [0.2, 0.25) is 5.02 Å². The Morgan fingerprint density at radius 2 is 2.04 bits per heavy atom. The number of ether oxygens (including phenoxy) is 2. The van der Waals surface area contributed by atoms with Crippen LogP contribution in [-0.2, 0) is 11.2 Å². The number of hydrogen-bond acceptors (Lipinski definition) is 3. The molecule has 0 spiro atoms. The molecule has 0 aliphatic carbocycles. The lowest BCUT2D eigenvalue weighted by Crippen LogP contribution is -2.28. The molecule has 1 saturated heterocycles. The maximum Gasteiger partial charge on any atom is 0.231 e. The normalized spacial score (nSPS) is 18.6. The Balaban J connectivity index is 1.34. The summed E-state index contributed by atoms with van der Waals surface area (Å²) >= 11 is 6.00. The van der Waals surface area contributed by atoms with E-state index in [1.807, 2.05) is 41.3 Å². The van der Waals surface area contributed by atoms with Gasteiger partial charge in [0.25, 0.3) is 0 Å². The van der Waals surface area contributed by atoms with Crippen molar-refractivity contribution in [1.29, 1.82) is 0 Å². The first-order chi connectivity index (χ1) is 12.2. The van der Waals surface area contributed by atoms with Crippen molar-refractivity contribution in [3.05, 3.63) is 58.6 Å². The van der Waals surface area contributed by atoms with Crippen LogP contribution >= 0.6 is 11.6 Å². The molecule has 0 N–H and O–H groups in total. The van der Waals surface area contributed by atoms with Crippen LogP contribution in [0.15, 0.2) is 42.5 Å². The van der Waals surface area contributed by atoms with E-state index in [-0.39, 0.29) is 12.7 Å². The van der Waals surface area contributed by atoms with Gasteiger partial charge in [-0.15, -0.1) is 0 Å². The fourth-order valence-electron chi connectivity index (χ4n) is 3.53. The second-order valence-corrected chi connectivity index (χ2v) is 7.00. The third-order valence-corrected chi connectivity index (χ3v) is 5.16. The number of nitrogens with zero attached hydrogens (tertiary/aromatic N) is 1. The number of carbonyl (C=O) groups is 1. The van der Waals surface area contributed by atoms with E-state index in [2.05, 4.69) is 6.07 Å². The van der Waals surface area contributed by atoms with E-state index in [1.54, 1.807) is 0 Å². The summed E-state index contributed by atoms with van der Waals surface area (Å²) < 4.78 is 10.8. The van der Waals surface area contributed by atoms with E-state index < -0.39 is 0 Å². The Hall–Kier alpha value is -2.20. The number of aryl methyl sites for hydroxylation is 1. The van der Waals surface area contributed by atoms with E-state index in [1.165, 1.54) is 5.56 Å². The first-order valence-electron chi connectivity index (χ1n) is 8.61. The molecule has 25 heavy (non-hydrogen) atoms. The van der Waals surface area contributed by atoms with Gasteiger partial charge in [-0.1, -0.05) is 29.8 Å². The van der Waals surface area contributed by atoms with E-state index in [0.717, 1.165) is 43.0 Å². The number of benzene rings is 2. The summed E-state index contributed by atoms with van der Waals surface area (Å²) in [5.74, 6) is 2.19. The van der Waals surface area contributed by atoms with Gasteiger partial charge in [-0.25, -0.2) is 0 Å². The zero-order chi connectivity index (χ0) is 17.2. The quantitative estimate of drug-likeness (QED) is 0.829. The third kappa shape index (κ3) is 3.59. The zero-order valence-electron chi connectivity index (χ0n) is 13.9. The van der Waals surface area contributed by atoms with Crippen molar-refractivity contribution in [2.24, 2.45) is 0 Å². The van der Waals surface area contributed by atoms with E-state index in [4.69, 9.17) is 21.1 Å². The van der Waals surface area contributed by atoms with Crippen molar-refractivity contribution in [3.63, 3.8) is 0 Å². The summed E-state index contributed by atoms with van der Waals surface area (Å²) in [6.07, 6.45) is 2.24. The second-order valence-electron chi connectivity index (χ2n) is 6.57. The summed E-state index contributed by atoms with van der Waals surface area (Å²) in [6.45, 7) is 1.87. The van der Waals surface area contributed by atoms with Gasteiger partial charge < -0.3 is 14.4 Å². The smallest absolute Gasteiger partial charge is 0.231 e. The highest BCUT2D eigenvalue weighted by Crippen LogP contribution is 2.37. The Morgan fingerprint density at radius 1 is 1.16 bits per heavy atom. The van der Waals surface area contributed by atoms with Crippen LogP contribution in [-0.4, -0.2) is 30.7 Å². The van der Waals surface area contributed by atoms with Crippen LogP contribution in [0.5, 0.6) is 11.5 Å². The highest BCUT2D eigenvalue weighted by atomic mass is 35.5. The van der Waals surface area contributed by atoms with Gasteiger partial charge in [0.05, 0.1) is 0 Å². The number of likely N-dealkylation sites (tertiary alicyclic amines) is 1. The standard InChI is InChI=1S/C20H20ClNO3/c21-17-3-1-2-14(10-17)4-7-20(23)22-9-8-16(12-22)15-5-6-18-19(11-15)25-13-24-18/h1-3,5-6,10-11,16H,4,7-9,12-13H2/t16-/m0/s1. The average Bonchev–Trinajstić information content (AvgIpc) is 3.28. The Kier molecular flexibility index (Phi) is 4.53. The van der Waals surface area contributed by atoms with Crippen LogP contribution in [0.3, 0.4) is 0 Å². The molecule has 0 unspecified atom stereocenters. The van der Waals surface area contributed by atoms with Crippen LogP contribution in [0, 0.1) is 0 Å². The van der Waals surface area contributed by atoms with Crippen molar-refractivity contribution in [2.75, 3.05) is 19.9 Å². The van der Waals surface area contributed by atoms with Gasteiger partial charge in [-0.3, -0.25) is 4.79 Å². The van der Waals surface area contributed by atoms with Crippen LogP contribution in [0.4, 0.5) is 0 Å². The molecule has 2 aliphatic heterocycles. The molecule has 4 nitrogen and oxygen atoms in total. The van der Waals surface area contributed by atoms with Crippen molar-refractivity contribution in [1.82, 2.24) is 4.90 Å². The molecule has 2 aromatic rings. The summed E-state index contributed by atoms with van der Waals surface area (Å²) in [7, 11) is 0. The van der Waals surface area contributed by atoms with Gasteiger partial charge in [-0.2, -0.15) is 0 Å². The summed E-state index contributed by atoms with van der Waals surface area (Å²) in [5.41, 5.74) is 2.32. The largest absolute Gasteiger partial charge is 0.454 e. The first kappa shape index (κ1) is 16.3. The molecule has 1 atom stereocenters. The SMILES string of the molecule is O=C(CCc1cccc(Cl)c1)N1CC[C@H](c2ccc3c(c2)OCO3)C1. The van der Waals surface area contributed by atoms with Gasteiger partial charge in [0.15, 0.2) is 11.5 Å². The highest BCUT2D eigenvalue weighted by Gasteiger charge is 2.28. The Bertz CT molecular complexity index is 792. The fourth-order valence-corrected chi connectivity index (χ4v) is 3.74. The van der Waals surface area contributed by atoms with Crippen LogP contribution in [0.1, 0.15) is 29.9 Å². The highest BCUT2D eigenvalue weighted by molar-refractivity contribution is 6.30. The average molecular weight is 358 g/mol. The monoisotopic (exact) mass is 357 g/mol. The molecule has 0 saturated carbocycles. The molecular formula is C20H20ClNO3. The molecule has 2 heterocycles. The molecule has 0 radical (unpaired) electrons. The molecule has 130 valence electrons. The Labute approximate surface area is 152 Å². The number of fused-ring (bicyclic) bond motifs is 1. The third-order valence-electron chi connectivity index (χ3n) is 4.93. The molecule has 2 aromatic carbocycles. The van der Waals surface area contributed by atoms with Crippen LogP contribution < -0.4 is 9.47 Å². The molecule has 1 amide bonds. The predicted octanol–water partition coefficient (Wildman–Crippen LogP) is 4.02. The molecule has 1 fully saturated rings. The van der Waals surface area contributed by atoms with E-state index in [9.17, 15) is 4.79 Å². The predicted molar refractivity (Wildman–Crippen MR) is 96.3 cm³/mol. The molecule has 0 aromatic heterocycles. The van der Waals surface area contributed by atoms with Crippen LogP contribution in [0.25, 0.3) is 0 Å². The number of carbonyl (C=O) groups excluding carboxylic acids is 1. The van der Waals surface area contributed by atoms with Gasteiger partial charge >= 0.3 is 0 Å². The minimum absolute atomic E-state index is 0.211. The summed E-state index contributed by atoms with van der Waals surface area (Å²) in [4.78, 5) is 14.5. The summed E-state index contributed by atoms with van der Waals surface area (Å²) in [5, 5.41) is 0.717. The number of hydrogen-bond donors (Lipinski definition) is 0. The topological polar surface area (TPSA) is 38.8 Å². The minimum atomic E-state index is 0.211. The zero-order valence-corrected chi connectivity index (χ0v) is 14.7. The number of halogens is 1.